The van der Waals surface area contributed by atoms with Crippen LogP contribution in [0.1, 0.15) is 34.6 Å². The quantitative estimate of drug-likeness (QED) is 0.131. The number of aliphatic hydroxyl groups is 1. The van der Waals surface area contributed by atoms with Crippen LogP contribution in [0.5, 0.6) is 11.5 Å². The molecule has 12 heteroatoms. The molecule has 3 heterocycles. The van der Waals surface area contributed by atoms with Crippen LogP contribution in [0.15, 0.2) is 80.9 Å². The number of hydrogen-bond donors (Lipinski definition) is 1. The van der Waals surface area contributed by atoms with E-state index in [2.05, 4.69) is 10.2 Å². The molecule has 0 saturated heterocycles. The average molecular weight is 584 g/mol. The molecule has 4 aromatic rings. The Morgan fingerprint density at radius 1 is 1.18 bits per heavy atom. The lowest BCUT2D eigenvalue weighted by molar-refractivity contribution is -0.117. The molecule has 9 nitrogen and oxygen atoms in total. The molecule has 1 atom stereocenters. The van der Waals surface area contributed by atoms with E-state index in [0.29, 0.717) is 38.8 Å². The van der Waals surface area contributed by atoms with Gasteiger partial charge < -0.3 is 19.0 Å². The van der Waals surface area contributed by atoms with Crippen molar-refractivity contribution in [1.82, 2.24) is 10.2 Å². The molecular formula is C27H22ClN3O6S2. The number of benzene rings is 2. The number of methoxy groups -OCH3 is 1. The number of halogens is 1. The van der Waals surface area contributed by atoms with Crippen molar-refractivity contribution in [3.63, 3.8) is 0 Å². The first-order valence-electron chi connectivity index (χ1n) is 11.8. The molecule has 0 spiro atoms. The van der Waals surface area contributed by atoms with Gasteiger partial charge in [0.1, 0.15) is 0 Å². The number of anilines is 1. The molecule has 0 saturated carbocycles. The molecule has 1 N–H and O–H groups in total. The maximum Gasteiger partial charge on any atom is 0.296 e. The molecular weight excluding hydrogens is 562 g/mol. The van der Waals surface area contributed by atoms with Gasteiger partial charge in [0.25, 0.3) is 5.91 Å². The number of ketones is 1. The summed E-state index contributed by atoms with van der Waals surface area (Å²) in [7, 11) is 1.49. The highest BCUT2D eigenvalue weighted by Gasteiger charge is 2.47. The van der Waals surface area contributed by atoms with Gasteiger partial charge in [0.15, 0.2) is 27.4 Å². The summed E-state index contributed by atoms with van der Waals surface area (Å²) in [6, 6.07) is 14.6. The lowest BCUT2D eigenvalue weighted by Gasteiger charge is -2.24. The number of carbonyl (C=O) groups is 2. The average Bonchev–Trinajstić information content (AvgIpc) is 3.69. The number of aliphatic hydroxyl groups excluding tert-OH is 1. The van der Waals surface area contributed by atoms with Gasteiger partial charge in [-0.25, -0.2) is 0 Å². The minimum Gasteiger partial charge on any atom is -0.503 e. The van der Waals surface area contributed by atoms with Crippen molar-refractivity contribution in [3.05, 3.63) is 94.1 Å². The monoisotopic (exact) mass is 583 g/mol. The third kappa shape index (κ3) is 5.25. The number of Topliss-reactive ketones (excluding diaryl/α,β-unsaturated/α-hetero) is 1. The van der Waals surface area contributed by atoms with Crippen LogP contribution in [-0.4, -0.2) is 40.7 Å². The number of amides is 1. The molecule has 1 unspecified atom stereocenters. The van der Waals surface area contributed by atoms with Gasteiger partial charge >= 0.3 is 0 Å². The molecule has 2 aromatic carbocycles. The van der Waals surface area contributed by atoms with Crippen LogP contribution in [0.3, 0.4) is 0 Å². The van der Waals surface area contributed by atoms with Crippen LogP contribution < -0.4 is 14.4 Å². The molecule has 0 fully saturated rings. The van der Waals surface area contributed by atoms with Gasteiger partial charge in [-0.2, -0.15) is 0 Å². The van der Waals surface area contributed by atoms with Crippen molar-refractivity contribution in [1.29, 1.82) is 0 Å². The molecule has 0 bridgehead atoms. The number of rotatable bonds is 10. The van der Waals surface area contributed by atoms with Gasteiger partial charge in [-0.15, -0.1) is 10.2 Å². The summed E-state index contributed by atoms with van der Waals surface area (Å²) in [5.74, 6) is -0.636. The first-order valence-corrected chi connectivity index (χ1v) is 14.0. The largest absolute Gasteiger partial charge is 0.503 e. The summed E-state index contributed by atoms with van der Waals surface area (Å²) in [5, 5.41) is 20.3. The number of thioether (sulfide) groups is 1. The molecule has 1 aliphatic rings. The highest BCUT2D eigenvalue weighted by Crippen LogP contribution is 2.45. The van der Waals surface area contributed by atoms with E-state index >= 15 is 0 Å². The fourth-order valence-corrected chi connectivity index (χ4v) is 6.29. The Balaban J connectivity index is 1.53. The van der Waals surface area contributed by atoms with Gasteiger partial charge in [0, 0.05) is 10.8 Å². The lowest BCUT2D eigenvalue weighted by atomic mass is 9.95. The number of aromatic nitrogens is 2. The van der Waals surface area contributed by atoms with E-state index in [-0.39, 0.29) is 16.5 Å². The van der Waals surface area contributed by atoms with E-state index in [1.807, 2.05) is 31.2 Å². The first-order chi connectivity index (χ1) is 18.9. The van der Waals surface area contributed by atoms with E-state index in [9.17, 15) is 14.7 Å². The first kappa shape index (κ1) is 26.8. The van der Waals surface area contributed by atoms with Crippen molar-refractivity contribution in [2.75, 3.05) is 18.6 Å². The summed E-state index contributed by atoms with van der Waals surface area (Å²) in [4.78, 5) is 28.1. The lowest BCUT2D eigenvalue weighted by Crippen LogP contribution is -2.31. The molecule has 0 radical (unpaired) electrons. The summed E-state index contributed by atoms with van der Waals surface area (Å²) in [6.07, 6.45) is 1.35. The Morgan fingerprint density at radius 3 is 2.72 bits per heavy atom. The standard InChI is InChI=1S/C27H22ClN3O6S2/c1-3-36-18-11-10-15(13-20(18)35-2)22-21(23(32)19-9-6-12-37-19)24(33)25(34)31(22)26-29-30-27(39-26)38-14-16-7-4-5-8-17(16)28/h4-13,22,33H,3,14H2,1-2H3. The van der Waals surface area contributed by atoms with E-state index in [1.54, 1.807) is 24.3 Å². The summed E-state index contributed by atoms with van der Waals surface area (Å²) < 4.78 is 17.0. The normalized spacial score (nSPS) is 15.2. The van der Waals surface area contributed by atoms with Gasteiger partial charge in [0.05, 0.1) is 31.6 Å². The predicted octanol–water partition coefficient (Wildman–Crippen LogP) is 6.27. The smallest absolute Gasteiger partial charge is 0.296 e. The van der Waals surface area contributed by atoms with Crippen LogP contribution in [0.2, 0.25) is 5.02 Å². The molecule has 200 valence electrons. The number of hydrogen-bond acceptors (Lipinski definition) is 10. The van der Waals surface area contributed by atoms with E-state index in [4.69, 9.17) is 25.5 Å². The number of furan rings is 1. The van der Waals surface area contributed by atoms with Gasteiger partial charge in [-0.1, -0.05) is 59.0 Å². The summed E-state index contributed by atoms with van der Waals surface area (Å²) in [6.45, 7) is 2.27. The second-order valence-electron chi connectivity index (χ2n) is 8.22. The Hall–Kier alpha value is -3.80. The van der Waals surface area contributed by atoms with Crippen LogP contribution in [0, 0.1) is 0 Å². The predicted molar refractivity (Wildman–Crippen MR) is 148 cm³/mol. The zero-order valence-electron chi connectivity index (χ0n) is 20.8. The van der Waals surface area contributed by atoms with Crippen molar-refractivity contribution in [2.24, 2.45) is 0 Å². The fourth-order valence-electron chi connectivity index (χ4n) is 4.13. The van der Waals surface area contributed by atoms with Crippen LogP contribution >= 0.6 is 34.7 Å². The molecule has 0 aliphatic carbocycles. The van der Waals surface area contributed by atoms with Crippen molar-refractivity contribution in [3.8, 4) is 11.5 Å². The maximum atomic E-state index is 13.4. The second kappa shape index (κ2) is 11.5. The minimum absolute atomic E-state index is 0.0117. The maximum absolute atomic E-state index is 13.4. The summed E-state index contributed by atoms with van der Waals surface area (Å²) >= 11 is 8.85. The SMILES string of the molecule is CCOc1ccc(C2C(C(=O)c3ccco3)=C(O)C(=O)N2c2nnc(SCc3ccccc3Cl)s2)cc1OC. The highest BCUT2D eigenvalue weighted by molar-refractivity contribution is 8.00. The second-order valence-corrected chi connectivity index (χ2v) is 10.8. The molecule has 2 aromatic heterocycles. The number of ether oxygens (including phenoxy) is 2. The number of carbonyl (C=O) groups excluding carboxylic acids is 2. The number of nitrogens with zero attached hydrogens (tertiary/aromatic N) is 3. The Morgan fingerprint density at radius 2 is 2.00 bits per heavy atom. The zero-order chi connectivity index (χ0) is 27.5. The van der Waals surface area contributed by atoms with Gasteiger partial charge in [-0.05, 0) is 48.4 Å². The topological polar surface area (TPSA) is 115 Å². The fraction of sp³-hybridized carbons (Fsp3) is 0.185. The minimum atomic E-state index is -1.02. The molecule has 39 heavy (non-hydrogen) atoms. The van der Waals surface area contributed by atoms with E-state index in [1.165, 1.54) is 47.4 Å². The van der Waals surface area contributed by atoms with Crippen molar-refractivity contribution >= 4 is 51.5 Å². The molecule has 1 aliphatic heterocycles. The van der Waals surface area contributed by atoms with Gasteiger partial charge in [-0.3, -0.25) is 14.5 Å². The van der Waals surface area contributed by atoms with Crippen LogP contribution in [0.4, 0.5) is 5.13 Å². The van der Waals surface area contributed by atoms with E-state index in [0.717, 1.165) is 5.56 Å². The molecule has 1 amide bonds. The van der Waals surface area contributed by atoms with E-state index < -0.39 is 23.5 Å². The Kier molecular flexibility index (Phi) is 7.92. The third-order valence-corrected chi connectivity index (χ3v) is 8.39. The van der Waals surface area contributed by atoms with Crippen molar-refractivity contribution in [2.45, 2.75) is 23.1 Å². The third-order valence-electron chi connectivity index (χ3n) is 5.91. The Labute approximate surface area is 237 Å². The molecule has 5 rings (SSSR count). The summed E-state index contributed by atoms with van der Waals surface area (Å²) in [5.41, 5.74) is 1.30. The van der Waals surface area contributed by atoms with Crippen molar-refractivity contribution < 1.29 is 28.6 Å². The van der Waals surface area contributed by atoms with Gasteiger partial charge in [0.2, 0.25) is 10.9 Å². The van der Waals surface area contributed by atoms with Crippen LogP contribution in [-0.2, 0) is 10.5 Å². The van der Waals surface area contributed by atoms with Crippen LogP contribution in [0.25, 0.3) is 0 Å². The Bertz CT molecular complexity index is 1550. The highest BCUT2D eigenvalue weighted by atomic mass is 35.5. The zero-order valence-corrected chi connectivity index (χ0v) is 23.2.